The summed E-state index contributed by atoms with van der Waals surface area (Å²) in [5, 5.41) is 4.14. The molecule has 2 heterocycles. The van der Waals surface area contributed by atoms with Crippen LogP contribution in [0.3, 0.4) is 0 Å². The van der Waals surface area contributed by atoms with Gasteiger partial charge in [0.05, 0.1) is 16.4 Å². The predicted octanol–water partition coefficient (Wildman–Crippen LogP) is 4.13. The Labute approximate surface area is 184 Å². The third-order valence-electron chi connectivity index (χ3n) is 5.12. The van der Waals surface area contributed by atoms with Crippen molar-refractivity contribution in [2.24, 2.45) is 7.05 Å². The molecule has 0 amide bonds. The van der Waals surface area contributed by atoms with Crippen LogP contribution in [0.5, 0.6) is 0 Å². The lowest BCUT2D eigenvalue weighted by Crippen LogP contribution is -2.32. The van der Waals surface area contributed by atoms with E-state index in [2.05, 4.69) is 10.3 Å². The van der Waals surface area contributed by atoms with Gasteiger partial charge in [-0.15, -0.1) is 0 Å². The summed E-state index contributed by atoms with van der Waals surface area (Å²) in [6.45, 7) is 0.391. The smallest absolute Gasteiger partial charge is 0.262 e. The highest BCUT2D eigenvalue weighted by molar-refractivity contribution is 7.89. The normalized spacial score (nSPS) is 19.9. The lowest BCUT2D eigenvalue weighted by molar-refractivity contribution is 0.468. The Bertz CT molecular complexity index is 1190. The van der Waals surface area contributed by atoms with Crippen molar-refractivity contribution in [2.75, 3.05) is 18.4 Å². The molecule has 0 aliphatic carbocycles. The van der Waals surface area contributed by atoms with Gasteiger partial charge in [0.25, 0.3) is 10.0 Å². The summed E-state index contributed by atoms with van der Waals surface area (Å²) < 4.78 is 43.0. The number of aryl methyl sites for hydroxylation is 1. The molecule has 3 aromatic rings. The highest BCUT2D eigenvalue weighted by atomic mass is 35.5. The molecule has 10 heteroatoms. The molecule has 2 atom stereocenters. The molecular formula is C20H19Cl2FN4O2S. The van der Waals surface area contributed by atoms with Crippen molar-refractivity contribution < 1.29 is 12.8 Å². The zero-order chi connectivity index (χ0) is 21.5. The van der Waals surface area contributed by atoms with Gasteiger partial charge in [-0.2, -0.15) is 4.31 Å². The van der Waals surface area contributed by atoms with Crippen molar-refractivity contribution in [2.45, 2.75) is 17.0 Å². The van der Waals surface area contributed by atoms with Crippen LogP contribution in [0.4, 0.5) is 10.1 Å². The quantitative estimate of drug-likeness (QED) is 0.610. The van der Waals surface area contributed by atoms with Crippen LogP contribution in [0.15, 0.2) is 60.0 Å². The van der Waals surface area contributed by atoms with Crippen molar-refractivity contribution in [3.63, 3.8) is 0 Å². The summed E-state index contributed by atoms with van der Waals surface area (Å²) in [5.41, 5.74) is 1.42. The van der Waals surface area contributed by atoms with E-state index in [1.807, 2.05) is 0 Å². The fraction of sp³-hybridized carbons (Fsp3) is 0.250. The van der Waals surface area contributed by atoms with E-state index in [1.165, 1.54) is 29.0 Å². The van der Waals surface area contributed by atoms with Crippen LogP contribution in [0.25, 0.3) is 0 Å². The monoisotopic (exact) mass is 468 g/mol. The Morgan fingerprint density at radius 2 is 1.93 bits per heavy atom. The molecule has 30 heavy (non-hydrogen) atoms. The fourth-order valence-electron chi connectivity index (χ4n) is 3.64. The summed E-state index contributed by atoms with van der Waals surface area (Å²) in [6, 6.07) is 11.0. The van der Waals surface area contributed by atoms with Crippen LogP contribution < -0.4 is 5.32 Å². The number of halogens is 3. The number of sulfonamides is 1. The number of nitrogens with zero attached hydrogens (tertiary/aromatic N) is 3. The van der Waals surface area contributed by atoms with Crippen LogP contribution in [-0.4, -0.2) is 41.4 Å². The maximum Gasteiger partial charge on any atom is 0.262 e. The van der Waals surface area contributed by atoms with Gasteiger partial charge in [0.1, 0.15) is 5.82 Å². The number of imidazole rings is 1. The standard InChI is InChI=1S/C20H19Cl2FN4O2S/c1-26-11-20(24-12-26)30(28,29)27-9-16(13-3-2-4-14(23)7-13)19(10-27)25-15-5-6-17(21)18(22)8-15/h2-8,11-12,16,19,25H,9-10H2,1H3/t16-,19+/m0/s1. The van der Waals surface area contributed by atoms with Crippen molar-refractivity contribution in [3.05, 3.63) is 76.4 Å². The van der Waals surface area contributed by atoms with Crippen LogP contribution in [0.1, 0.15) is 11.5 Å². The third-order valence-corrected chi connectivity index (χ3v) is 7.58. The summed E-state index contributed by atoms with van der Waals surface area (Å²) >= 11 is 12.1. The second kappa shape index (κ2) is 8.19. The number of anilines is 1. The van der Waals surface area contributed by atoms with Crippen LogP contribution >= 0.6 is 23.2 Å². The second-order valence-electron chi connectivity index (χ2n) is 7.24. The molecule has 1 aromatic heterocycles. The van der Waals surface area contributed by atoms with E-state index < -0.39 is 10.0 Å². The van der Waals surface area contributed by atoms with Gasteiger partial charge in [-0.1, -0.05) is 35.3 Å². The minimum Gasteiger partial charge on any atom is -0.380 e. The molecule has 0 saturated carbocycles. The van der Waals surface area contributed by atoms with Gasteiger partial charge in [0.15, 0.2) is 5.03 Å². The van der Waals surface area contributed by atoms with E-state index >= 15 is 0 Å². The van der Waals surface area contributed by atoms with Crippen LogP contribution in [0.2, 0.25) is 10.0 Å². The van der Waals surface area contributed by atoms with Crippen molar-refractivity contribution in [3.8, 4) is 0 Å². The van der Waals surface area contributed by atoms with Crippen LogP contribution in [0, 0.1) is 5.82 Å². The molecule has 1 saturated heterocycles. The van der Waals surface area contributed by atoms with E-state index in [-0.39, 0.29) is 35.9 Å². The van der Waals surface area contributed by atoms with E-state index in [9.17, 15) is 12.8 Å². The van der Waals surface area contributed by atoms with Crippen molar-refractivity contribution in [1.29, 1.82) is 0 Å². The van der Waals surface area contributed by atoms with Crippen molar-refractivity contribution >= 4 is 38.9 Å². The topological polar surface area (TPSA) is 67.2 Å². The maximum atomic E-state index is 13.9. The Morgan fingerprint density at radius 3 is 2.60 bits per heavy atom. The van der Waals surface area contributed by atoms with E-state index in [1.54, 1.807) is 41.9 Å². The number of rotatable bonds is 5. The number of aromatic nitrogens is 2. The second-order valence-corrected chi connectivity index (χ2v) is 9.94. The first-order valence-electron chi connectivity index (χ1n) is 9.19. The average Bonchev–Trinajstić information content (AvgIpc) is 3.32. The van der Waals surface area contributed by atoms with Gasteiger partial charge in [0, 0.05) is 44.0 Å². The molecule has 0 bridgehead atoms. The number of hydrogen-bond donors (Lipinski definition) is 1. The van der Waals surface area contributed by atoms with Gasteiger partial charge >= 0.3 is 0 Å². The van der Waals surface area contributed by atoms with Gasteiger partial charge < -0.3 is 9.88 Å². The van der Waals surface area contributed by atoms with Gasteiger partial charge in [-0.3, -0.25) is 0 Å². The molecule has 1 aliphatic heterocycles. The number of nitrogens with one attached hydrogen (secondary N) is 1. The first kappa shape index (κ1) is 21.1. The number of hydrogen-bond acceptors (Lipinski definition) is 4. The molecule has 4 rings (SSSR count). The fourth-order valence-corrected chi connectivity index (χ4v) is 5.40. The summed E-state index contributed by atoms with van der Waals surface area (Å²) in [6.07, 6.45) is 2.91. The van der Waals surface area contributed by atoms with Gasteiger partial charge in [0.2, 0.25) is 0 Å². The molecule has 1 N–H and O–H groups in total. The highest BCUT2D eigenvalue weighted by Gasteiger charge is 2.41. The summed E-state index contributed by atoms with van der Waals surface area (Å²) in [7, 11) is -2.08. The Balaban J connectivity index is 1.67. The predicted molar refractivity (Wildman–Crippen MR) is 115 cm³/mol. The SMILES string of the molecule is Cn1cnc(S(=O)(=O)N2C[C@@H](Nc3ccc(Cl)c(Cl)c3)[C@H](c3cccc(F)c3)C2)c1. The molecule has 2 aromatic carbocycles. The zero-order valence-electron chi connectivity index (χ0n) is 16.0. The first-order chi connectivity index (χ1) is 14.2. The van der Waals surface area contributed by atoms with Gasteiger partial charge in [-0.25, -0.2) is 17.8 Å². The molecule has 0 spiro atoms. The summed E-state index contributed by atoms with van der Waals surface area (Å²) in [4.78, 5) is 4.00. The molecule has 0 radical (unpaired) electrons. The summed E-state index contributed by atoms with van der Waals surface area (Å²) in [5.74, 6) is -0.638. The zero-order valence-corrected chi connectivity index (χ0v) is 18.3. The van der Waals surface area contributed by atoms with E-state index in [0.29, 0.717) is 21.3 Å². The lowest BCUT2D eigenvalue weighted by atomic mass is 9.94. The first-order valence-corrected chi connectivity index (χ1v) is 11.4. The molecule has 158 valence electrons. The Morgan fingerprint density at radius 1 is 1.13 bits per heavy atom. The Kier molecular flexibility index (Phi) is 5.76. The molecular weight excluding hydrogens is 450 g/mol. The highest BCUT2D eigenvalue weighted by Crippen LogP contribution is 2.34. The molecule has 1 aliphatic rings. The molecule has 6 nitrogen and oxygen atoms in total. The minimum absolute atomic E-state index is 0.0156. The lowest BCUT2D eigenvalue weighted by Gasteiger charge is -2.21. The largest absolute Gasteiger partial charge is 0.380 e. The van der Waals surface area contributed by atoms with Crippen molar-refractivity contribution in [1.82, 2.24) is 13.9 Å². The number of benzene rings is 2. The minimum atomic E-state index is -3.79. The maximum absolute atomic E-state index is 13.9. The Hall–Kier alpha value is -2.13. The third kappa shape index (κ3) is 4.18. The van der Waals surface area contributed by atoms with E-state index in [0.717, 1.165) is 0 Å². The molecule has 1 fully saturated rings. The molecule has 0 unspecified atom stereocenters. The van der Waals surface area contributed by atoms with Crippen LogP contribution in [-0.2, 0) is 17.1 Å². The average molecular weight is 469 g/mol. The van der Waals surface area contributed by atoms with E-state index in [4.69, 9.17) is 23.2 Å². The van der Waals surface area contributed by atoms with Gasteiger partial charge in [-0.05, 0) is 35.9 Å².